The highest BCUT2D eigenvalue weighted by molar-refractivity contribution is 5.95. The minimum absolute atomic E-state index is 0.0432. The largest absolute Gasteiger partial charge is 0.492 e. The summed E-state index contributed by atoms with van der Waals surface area (Å²) in [4.78, 5) is 23.6. The van der Waals surface area contributed by atoms with Crippen LogP contribution in [-0.4, -0.2) is 18.4 Å². The van der Waals surface area contributed by atoms with Gasteiger partial charge in [-0.2, -0.15) is 0 Å². The van der Waals surface area contributed by atoms with E-state index < -0.39 is 5.91 Å². The highest BCUT2D eigenvalue weighted by atomic mass is 16.5. The van der Waals surface area contributed by atoms with Gasteiger partial charge in [-0.1, -0.05) is 43.3 Å². The standard InChI is InChI=1S/C20H22N2O3/c1-13-12-14-6-2-3-7-15(14)19(13)22-18(23)10-11-25-17-9-5-4-8-16(17)20(21)24/h2-9,13,19H,10-12H2,1H3,(H2,21,24)(H,22,23)/t13-,19+/m0/s1. The zero-order valence-electron chi connectivity index (χ0n) is 14.2. The number of carbonyl (C=O) groups excluding carboxylic acids is 2. The molecule has 2 amide bonds. The van der Waals surface area contributed by atoms with Crippen LogP contribution < -0.4 is 15.8 Å². The average Bonchev–Trinajstić information content (AvgIpc) is 2.91. The number of fused-ring (bicyclic) bond motifs is 1. The molecule has 2 atom stereocenters. The van der Waals surface area contributed by atoms with Crippen molar-refractivity contribution in [1.29, 1.82) is 0 Å². The molecule has 0 saturated heterocycles. The molecule has 3 rings (SSSR count). The normalized spacial score (nSPS) is 18.4. The highest BCUT2D eigenvalue weighted by Crippen LogP contribution is 2.35. The second-order valence-electron chi connectivity index (χ2n) is 6.38. The fourth-order valence-electron chi connectivity index (χ4n) is 3.31. The molecule has 1 aliphatic rings. The van der Waals surface area contributed by atoms with Gasteiger partial charge in [0.25, 0.3) is 5.91 Å². The summed E-state index contributed by atoms with van der Waals surface area (Å²) < 4.78 is 5.57. The summed E-state index contributed by atoms with van der Waals surface area (Å²) in [7, 11) is 0. The number of nitrogens with two attached hydrogens (primary N) is 1. The predicted octanol–water partition coefficient (Wildman–Crippen LogP) is 2.60. The molecule has 0 unspecified atom stereocenters. The van der Waals surface area contributed by atoms with Gasteiger partial charge in [0.1, 0.15) is 5.75 Å². The van der Waals surface area contributed by atoms with Crippen molar-refractivity contribution in [2.75, 3.05) is 6.61 Å². The third kappa shape index (κ3) is 3.82. The maximum atomic E-state index is 12.3. The van der Waals surface area contributed by atoms with Crippen LogP contribution in [0.15, 0.2) is 48.5 Å². The van der Waals surface area contributed by atoms with Crippen LogP contribution in [0.25, 0.3) is 0 Å². The van der Waals surface area contributed by atoms with E-state index in [-0.39, 0.29) is 25.0 Å². The Balaban J connectivity index is 1.55. The maximum Gasteiger partial charge on any atom is 0.252 e. The van der Waals surface area contributed by atoms with E-state index in [0.717, 1.165) is 6.42 Å². The van der Waals surface area contributed by atoms with Crippen molar-refractivity contribution in [1.82, 2.24) is 5.32 Å². The van der Waals surface area contributed by atoms with Crippen molar-refractivity contribution < 1.29 is 14.3 Å². The molecular weight excluding hydrogens is 316 g/mol. The number of ether oxygens (including phenoxy) is 1. The molecule has 25 heavy (non-hydrogen) atoms. The Hall–Kier alpha value is -2.82. The van der Waals surface area contributed by atoms with Gasteiger partial charge in [0.2, 0.25) is 5.91 Å². The van der Waals surface area contributed by atoms with E-state index in [1.807, 2.05) is 12.1 Å². The Bertz CT molecular complexity index is 788. The molecule has 130 valence electrons. The first-order valence-electron chi connectivity index (χ1n) is 8.45. The van der Waals surface area contributed by atoms with Crippen molar-refractivity contribution in [3.63, 3.8) is 0 Å². The zero-order chi connectivity index (χ0) is 17.8. The number of amides is 2. The summed E-state index contributed by atoms with van der Waals surface area (Å²) in [5.74, 6) is 0.168. The van der Waals surface area contributed by atoms with E-state index in [1.54, 1.807) is 24.3 Å². The van der Waals surface area contributed by atoms with Gasteiger partial charge in [-0.15, -0.1) is 0 Å². The first-order valence-corrected chi connectivity index (χ1v) is 8.45. The molecule has 0 aliphatic heterocycles. The van der Waals surface area contributed by atoms with Crippen LogP contribution in [0.1, 0.15) is 40.9 Å². The topological polar surface area (TPSA) is 81.4 Å². The van der Waals surface area contributed by atoms with E-state index in [1.165, 1.54) is 11.1 Å². The SMILES string of the molecule is C[C@H]1Cc2ccccc2[C@@H]1NC(=O)CCOc1ccccc1C(N)=O. The minimum atomic E-state index is -0.545. The third-order valence-electron chi connectivity index (χ3n) is 4.56. The summed E-state index contributed by atoms with van der Waals surface area (Å²) in [6.07, 6.45) is 1.20. The molecule has 5 heteroatoms. The van der Waals surface area contributed by atoms with Crippen molar-refractivity contribution in [3.8, 4) is 5.75 Å². The number of benzene rings is 2. The monoisotopic (exact) mass is 338 g/mol. The number of nitrogens with one attached hydrogen (secondary N) is 1. The molecule has 2 aromatic rings. The second-order valence-corrected chi connectivity index (χ2v) is 6.38. The number of rotatable bonds is 6. The van der Waals surface area contributed by atoms with Gasteiger partial charge in [0.05, 0.1) is 24.6 Å². The number of hydrogen-bond acceptors (Lipinski definition) is 3. The minimum Gasteiger partial charge on any atom is -0.492 e. The highest BCUT2D eigenvalue weighted by Gasteiger charge is 2.29. The lowest BCUT2D eigenvalue weighted by Gasteiger charge is -2.19. The molecule has 0 aromatic heterocycles. The zero-order valence-corrected chi connectivity index (χ0v) is 14.2. The summed E-state index contributed by atoms with van der Waals surface area (Å²) in [6, 6.07) is 15.0. The van der Waals surface area contributed by atoms with Gasteiger partial charge < -0.3 is 15.8 Å². The van der Waals surface area contributed by atoms with Gasteiger partial charge in [-0.25, -0.2) is 0 Å². The van der Waals surface area contributed by atoms with Crippen LogP contribution >= 0.6 is 0 Å². The molecule has 0 saturated carbocycles. The smallest absolute Gasteiger partial charge is 0.252 e. The molecule has 0 bridgehead atoms. The van der Waals surface area contributed by atoms with Crippen molar-refractivity contribution in [3.05, 3.63) is 65.2 Å². The molecule has 0 fully saturated rings. The Kier molecular flexibility index (Phi) is 5.03. The molecule has 2 aromatic carbocycles. The van der Waals surface area contributed by atoms with Crippen molar-refractivity contribution in [2.45, 2.75) is 25.8 Å². The lowest BCUT2D eigenvalue weighted by atomic mass is 10.0. The van der Waals surface area contributed by atoms with Crippen LogP contribution in [0, 0.1) is 5.92 Å². The van der Waals surface area contributed by atoms with Gasteiger partial charge in [0.15, 0.2) is 0 Å². The first kappa shape index (κ1) is 17.0. The molecule has 0 spiro atoms. The Morgan fingerprint density at radius 2 is 1.88 bits per heavy atom. The first-order chi connectivity index (χ1) is 12.1. The predicted molar refractivity (Wildman–Crippen MR) is 95.3 cm³/mol. The van der Waals surface area contributed by atoms with Crippen LogP contribution in [0.4, 0.5) is 0 Å². The fraction of sp³-hybridized carbons (Fsp3) is 0.300. The van der Waals surface area contributed by atoms with E-state index in [9.17, 15) is 9.59 Å². The van der Waals surface area contributed by atoms with Gasteiger partial charge in [-0.05, 0) is 35.6 Å². The quantitative estimate of drug-likeness (QED) is 0.849. The maximum absolute atomic E-state index is 12.3. The van der Waals surface area contributed by atoms with E-state index >= 15 is 0 Å². The van der Waals surface area contributed by atoms with Crippen LogP contribution in [-0.2, 0) is 11.2 Å². The number of hydrogen-bond donors (Lipinski definition) is 2. The molecule has 0 radical (unpaired) electrons. The Morgan fingerprint density at radius 3 is 2.68 bits per heavy atom. The molecular formula is C20H22N2O3. The van der Waals surface area contributed by atoms with Crippen LogP contribution in [0.2, 0.25) is 0 Å². The molecule has 0 heterocycles. The third-order valence-corrected chi connectivity index (χ3v) is 4.56. The van der Waals surface area contributed by atoms with Crippen LogP contribution in [0.5, 0.6) is 5.75 Å². The molecule has 1 aliphatic carbocycles. The second kappa shape index (κ2) is 7.38. The van der Waals surface area contributed by atoms with Gasteiger partial charge >= 0.3 is 0 Å². The van der Waals surface area contributed by atoms with Crippen molar-refractivity contribution >= 4 is 11.8 Å². The summed E-state index contributed by atoms with van der Waals surface area (Å²) in [6.45, 7) is 2.34. The molecule has 3 N–H and O–H groups in total. The summed E-state index contributed by atoms with van der Waals surface area (Å²) in [5.41, 5.74) is 8.13. The van der Waals surface area contributed by atoms with Gasteiger partial charge in [0, 0.05) is 0 Å². The number of para-hydroxylation sites is 1. The Morgan fingerprint density at radius 1 is 1.16 bits per heavy atom. The van der Waals surface area contributed by atoms with E-state index in [4.69, 9.17) is 10.5 Å². The van der Waals surface area contributed by atoms with E-state index in [2.05, 4.69) is 24.4 Å². The van der Waals surface area contributed by atoms with Crippen LogP contribution in [0.3, 0.4) is 0 Å². The number of primary amides is 1. The number of carbonyl (C=O) groups is 2. The summed E-state index contributed by atoms with van der Waals surface area (Å²) in [5, 5.41) is 3.10. The van der Waals surface area contributed by atoms with Crippen molar-refractivity contribution in [2.24, 2.45) is 11.7 Å². The molecule has 5 nitrogen and oxygen atoms in total. The fourth-order valence-corrected chi connectivity index (χ4v) is 3.31. The summed E-state index contributed by atoms with van der Waals surface area (Å²) >= 11 is 0. The lowest BCUT2D eigenvalue weighted by molar-refractivity contribution is -0.122. The lowest BCUT2D eigenvalue weighted by Crippen LogP contribution is -2.31. The van der Waals surface area contributed by atoms with E-state index in [0.29, 0.717) is 17.2 Å². The Labute approximate surface area is 147 Å². The average molecular weight is 338 g/mol. The van der Waals surface area contributed by atoms with Gasteiger partial charge in [-0.3, -0.25) is 9.59 Å².